The van der Waals surface area contributed by atoms with E-state index in [1.54, 1.807) is 6.92 Å². The van der Waals surface area contributed by atoms with Crippen molar-refractivity contribution >= 4 is 11.8 Å². The zero-order valence-corrected chi connectivity index (χ0v) is 10.6. The highest BCUT2D eigenvalue weighted by molar-refractivity contribution is 5.96. The fraction of sp³-hybridized carbons (Fsp3) is 0.818. The third kappa shape index (κ3) is 3.36. The zero-order chi connectivity index (χ0) is 14.8. The molecule has 0 aromatic rings. The molecule has 0 aromatic heterocycles. The van der Waals surface area contributed by atoms with E-state index in [9.17, 15) is 27.2 Å². The van der Waals surface area contributed by atoms with Gasteiger partial charge in [0.15, 0.2) is 0 Å². The Balaban J connectivity index is 2.89. The Morgan fingerprint density at radius 1 is 1.37 bits per heavy atom. The number of hydrogen-bond acceptors (Lipinski definition) is 2. The third-order valence-corrected chi connectivity index (χ3v) is 3.02. The van der Waals surface area contributed by atoms with Crippen molar-refractivity contribution in [2.24, 2.45) is 0 Å². The smallest absolute Gasteiger partial charge is 0.324 e. The summed E-state index contributed by atoms with van der Waals surface area (Å²) in [6.07, 6.45) is -3.03. The van der Waals surface area contributed by atoms with Gasteiger partial charge in [0.2, 0.25) is 11.8 Å². The van der Waals surface area contributed by atoms with Crippen molar-refractivity contribution in [2.75, 3.05) is 6.54 Å². The lowest BCUT2D eigenvalue weighted by atomic mass is 10.0. The molecule has 0 aromatic carbocycles. The predicted octanol–water partition coefficient (Wildman–Crippen LogP) is 1.40. The van der Waals surface area contributed by atoms with E-state index in [2.05, 4.69) is 5.32 Å². The van der Waals surface area contributed by atoms with Crippen molar-refractivity contribution in [1.82, 2.24) is 10.2 Å². The molecule has 110 valence electrons. The maximum Gasteiger partial charge on any atom is 0.324 e. The molecule has 2 atom stereocenters. The van der Waals surface area contributed by atoms with Crippen LogP contribution in [0.3, 0.4) is 0 Å². The summed E-state index contributed by atoms with van der Waals surface area (Å²) in [6, 6.07) is -2.09. The topological polar surface area (TPSA) is 49.4 Å². The van der Waals surface area contributed by atoms with Crippen LogP contribution in [0.5, 0.6) is 0 Å². The van der Waals surface area contributed by atoms with E-state index in [0.29, 0.717) is 11.3 Å². The van der Waals surface area contributed by atoms with E-state index < -0.39 is 42.8 Å². The number of halogens is 4. The first-order valence-corrected chi connectivity index (χ1v) is 5.97. The molecule has 0 aliphatic carbocycles. The SMILES string of the molecule is CCCC1NC(=O)C(C)N(CC(F)(F)C(F)F)C1=O. The molecule has 1 rings (SSSR count). The molecular formula is C11H16F4N2O2. The number of carbonyl (C=O) groups is 2. The first-order valence-electron chi connectivity index (χ1n) is 5.97. The van der Waals surface area contributed by atoms with E-state index in [1.165, 1.54) is 6.92 Å². The summed E-state index contributed by atoms with van der Waals surface area (Å²) in [5, 5.41) is 2.40. The first-order chi connectivity index (χ1) is 8.70. The minimum absolute atomic E-state index is 0.286. The van der Waals surface area contributed by atoms with Gasteiger partial charge in [-0.2, -0.15) is 8.78 Å². The van der Waals surface area contributed by atoms with Crippen LogP contribution in [0.4, 0.5) is 17.6 Å². The van der Waals surface area contributed by atoms with Gasteiger partial charge >= 0.3 is 12.3 Å². The molecule has 1 N–H and O–H groups in total. The summed E-state index contributed by atoms with van der Waals surface area (Å²) in [6.45, 7) is 1.55. The van der Waals surface area contributed by atoms with Gasteiger partial charge in [0, 0.05) is 0 Å². The summed E-state index contributed by atoms with van der Waals surface area (Å²) in [5.74, 6) is -5.67. The lowest BCUT2D eigenvalue weighted by molar-refractivity contribution is -0.169. The second-order valence-electron chi connectivity index (χ2n) is 4.55. The van der Waals surface area contributed by atoms with Gasteiger partial charge in [0.1, 0.15) is 12.1 Å². The number of rotatable bonds is 5. The van der Waals surface area contributed by atoms with Crippen molar-refractivity contribution < 1.29 is 27.2 Å². The van der Waals surface area contributed by atoms with Crippen LogP contribution in [0.1, 0.15) is 26.7 Å². The Morgan fingerprint density at radius 3 is 2.42 bits per heavy atom. The summed E-state index contributed by atoms with van der Waals surface area (Å²) >= 11 is 0. The molecule has 8 heteroatoms. The van der Waals surface area contributed by atoms with Crippen LogP contribution in [-0.4, -0.2) is 47.7 Å². The number of amides is 2. The van der Waals surface area contributed by atoms with Gasteiger partial charge in [-0.3, -0.25) is 9.59 Å². The van der Waals surface area contributed by atoms with E-state index in [4.69, 9.17) is 0 Å². The minimum atomic E-state index is -4.32. The summed E-state index contributed by atoms with van der Waals surface area (Å²) < 4.78 is 50.4. The quantitative estimate of drug-likeness (QED) is 0.776. The molecule has 0 radical (unpaired) electrons. The Labute approximate surface area is 108 Å². The van der Waals surface area contributed by atoms with Crippen LogP contribution in [0, 0.1) is 0 Å². The lowest BCUT2D eigenvalue weighted by Crippen LogP contribution is -2.64. The number of alkyl halides is 4. The number of carbonyl (C=O) groups excluding carboxylic acids is 2. The highest BCUT2D eigenvalue weighted by Crippen LogP contribution is 2.26. The largest absolute Gasteiger partial charge is 0.343 e. The average Bonchev–Trinajstić information content (AvgIpc) is 2.31. The lowest BCUT2D eigenvalue weighted by Gasteiger charge is -2.38. The van der Waals surface area contributed by atoms with Crippen molar-refractivity contribution in [3.8, 4) is 0 Å². The molecule has 4 nitrogen and oxygen atoms in total. The number of nitrogens with zero attached hydrogens (tertiary/aromatic N) is 1. The molecule has 0 spiro atoms. The third-order valence-electron chi connectivity index (χ3n) is 3.02. The minimum Gasteiger partial charge on any atom is -0.343 e. The van der Waals surface area contributed by atoms with E-state index in [-0.39, 0.29) is 6.42 Å². The molecule has 1 aliphatic heterocycles. The first kappa shape index (κ1) is 15.7. The van der Waals surface area contributed by atoms with Crippen molar-refractivity contribution in [3.05, 3.63) is 0 Å². The summed E-state index contributed by atoms with van der Waals surface area (Å²) in [5.41, 5.74) is 0. The molecule has 1 heterocycles. The molecule has 19 heavy (non-hydrogen) atoms. The predicted molar refractivity (Wildman–Crippen MR) is 59.0 cm³/mol. The normalized spacial score (nSPS) is 24.9. The number of piperazine rings is 1. The molecule has 0 bridgehead atoms. The molecule has 0 saturated carbocycles. The maximum atomic E-state index is 13.0. The van der Waals surface area contributed by atoms with Gasteiger partial charge < -0.3 is 10.2 Å². The summed E-state index contributed by atoms with van der Waals surface area (Å²) in [4.78, 5) is 24.0. The van der Waals surface area contributed by atoms with Gasteiger partial charge in [-0.05, 0) is 13.3 Å². The Bertz CT molecular complexity index is 363. The van der Waals surface area contributed by atoms with Gasteiger partial charge in [-0.1, -0.05) is 13.3 Å². The fourth-order valence-corrected chi connectivity index (χ4v) is 1.88. The number of hydrogen-bond donors (Lipinski definition) is 1. The molecule has 1 saturated heterocycles. The van der Waals surface area contributed by atoms with Crippen LogP contribution >= 0.6 is 0 Å². The van der Waals surface area contributed by atoms with Gasteiger partial charge in [0.05, 0.1) is 6.54 Å². The fourth-order valence-electron chi connectivity index (χ4n) is 1.88. The van der Waals surface area contributed by atoms with Crippen LogP contribution in [0.2, 0.25) is 0 Å². The summed E-state index contributed by atoms with van der Waals surface area (Å²) in [7, 11) is 0. The van der Waals surface area contributed by atoms with Crippen LogP contribution < -0.4 is 5.32 Å². The number of nitrogens with one attached hydrogen (secondary N) is 1. The molecule has 1 aliphatic rings. The van der Waals surface area contributed by atoms with Crippen molar-refractivity contribution in [3.63, 3.8) is 0 Å². The highest BCUT2D eigenvalue weighted by atomic mass is 19.3. The van der Waals surface area contributed by atoms with Crippen LogP contribution in [0.25, 0.3) is 0 Å². The molecule has 2 unspecified atom stereocenters. The second-order valence-corrected chi connectivity index (χ2v) is 4.55. The van der Waals surface area contributed by atoms with Crippen LogP contribution in [0.15, 0.2) is 0 Å². The maximum absolute atomic E-state index is 13.0. The van der Waals surface area contributed by atoms with Crippen LogP contribution in [-0.2, 0) is 9.59 Å². The van der Waals surface area contributed by atoms with Gasteiger partial charge in [-0.25, -0.2) is 8.78 Å². The Hall–Kier alpha value is -1.34. The Kier molecular flexibility index (Phi) is 4.75. The van der Waals surface area contributed by atoms with E-state index >= 15 is 0 Å². The molecule has 1 fully saturated rings. The van der Waals surface area contributed by atoms with E-state index in [1.807, 2.05) is 0 Å². The van der Waals surface area contributed by atoms with Crippen molar-refractivity contribution in [1.29, 1.82) is 0 Å². The van der Waals surface area contributed by atoms with Gasteiger partial charge in [-0.15, -0.1) is 0 Å². The van der Waals surface area contributed by atoms with Crippen molar-refractivity contribution in [2.45, 2.75) is 51.1 Å². The zero-order valence-electron chi connectivity index (χ0n) is 10.6. The second kappa shape index (κ2) is 5.75. The molecule has 2 amide bonds. The monoisotopic (exact) mass is 284 g/mol. The van der Waals surface area contributed by atoms with Gasteiger partial charge in [0.25, 0.3) is 0 Å². The van der Waals surface area contributed by atoms with E-state index in [0.717, 1.165) is 0 Å². The average molecular weight is 284 g/mol. The highest BCUT2D eigenvalue weighted by Gasteiger charge is 2.48. The molecular weight excluding hydrogens is 268 g/mol. The standard InChI is InChI=1S/C11H16F4N2O2/c1-3-4-7-9(19)17(6(2)8(18)16-7)5-11(14,15)10(12)13/h6-7,10H,3-5H2,1-2H3,(H,16,18). The Morgan fingerprint density at radius 2 is 1.95 bits per heavy atom.